The SMILES string of the molecule is CCCCCC/C=C/CC/C=C/CC/C=C/C(O)C(COP(=O)(O)OCC[N+](C)(C)C)NC(=O)CCCCCCCCCCCCCCCCCCC/C=C\CCCCCCCCCC. The van der Waals surface area contributed by atoms with Gasteiger partial charge in [0.1, 0.15) is 13.2 Å². The van der Waals surface area contributed by atoms with Gasteiger partial charge in [0.05, 0.1) is 39.9 Å². The molecule has 8 nitrogen and oxygen atoms in total. The molecule has 9 heteroatoms. The Hall–Kier alpha value is -1.54. The van der Waals surface area contributed by atoms with Gasteiger partial charge in [-0.25, -0.2) is 4.57 Å². The molecule has 0 aromatic rings. The lowest BCUT2D eigenvalue weighted by molar-refractivity contribution is -0.870. The summed E-state index contributed by atoms with van der Waals surface area (Å²) < 4.78 is 23.6. The third kappa shape index (κ3) is 50.2. The van der Waals surface area contributed by atoms with Crippen LogP contribution >= 0.6 is 7.82 Å². The molecule has 0 radical (unpaired) electrons. The van der Waals surface area contributed by atoms with E-state index in [9.17, 15) is 19.4 Å². The van der Waals surface area contributed by atoms with Crippen LogP contribution in [-0.2, 0) is 18.4 Å². The Labute approximate surface area is 403 Å². The number of allylic oxidation sites excluding steroid dienone is 7. The number of aliphatic hydroxyl groups excluding tert-OH is 1. The van der Waals surface area contributed by atoms with E-state index in [0.29, 0.717) is 17.4 Å². The summed E-state index contributed by atoms with van der Waals surface area (Å²) in [7, 11) is 1.55. The van der Waals surface area contributed by atoms with Crippen LogP contribution < -0.4 is 5.32 Å². The number of likely N-dealkylation sites (N-methyl/N-ethyl adjacent to an activating group) is 1. The van der Waals surface area contributed by atoms with Gasteiger partial charge in [-0.15, -0.1) is 0 Å². The maximum Gasteiger partial charge on any atom is 0.472 e. The zero-order chi connectivity index (χ0) is 47.8. The fourth-order valence-electron chi connectivity index (χ4n) is 7.89. The highest BCUT2D eigenvalue weighted by molar-refractivity contribution is 7.47. The Morgan fingerprint density at radius 3 is 1.25 bits per heavy atom. The Kier molecular flexibility index (Phi) is 46.4. The fraction of sp³-hybridized carbons (Fsp3) is 0.839. The van der Waals surface area contributed by atoms with E-state index in [1.807, 2.05) is 27.2 Å². The topological polar surface area (TPSA) is 105 Å². The van der Waals surface area contributed by atoms with Crippen molar-refractivity contribution < 1.29 is 32.9 Å². The molecule has 0 heterocycles. The number of hydrogen-bond acceptors (Lipinski definition) is 5. The molecule has 0 aliphatic rings. The first-order valence-electron chi connectivity index (χ1n) is 27.5. The number of hydrogen-bond donors (Lipinski definition) is 3. The first-order valence-corrected chi connectivity index (χ1v) is 29.0. The molecule has 0 rings (SSSR count). The number of nitrogens with one attached hydrogen (secondary N) is 1. The first kappa shape index (κ1) is 63.5. The van der Waals surface area contributed by atoms with Gasteiger partial charge in [0.25, 0.3) is 0 Å². The van der Waals surface area contributed by atoms with Crippen molar-refractivity contribution in [3.63, 3.8) is 0 Å². The van der Waals surface area contributed by atoms with Crippen LogP contribution in [0.4, 0.5) is 0 Å². The zero-order valence-corrected chi connectivity index (χ0v) is 44.4. The highest BCUT2D eigenvalue weighted by Gasteiger charge is 2.27. The number of aliphatic hydroxyl groups is 1. The maximum absolute atomic E-state index is 12.9. The molecule has 0 aromatic carbocycles. The summed E-state index contributed by atoms with van der Waals surface area (Å²) in [5, 5.41) is 13.8. The molecule has 1 amide bonds. The molecule has 65 heavy (non-hydrogen) atoms. The van der Waals surface area contributed by atoms with E-state index in [-0.39, 0.29) is 19.1 Å². The number of phosphoric ester groups is 1. The second-order valence-corrected chi connectivity index (χ2v) is 21.4. The third-order valence-electron chi connectivity index (χ3n) is 12.2. The van der Waals surface area contributed by atoms with Crippen molar-refractivity contribution in [2.75, 3.05) is 40.9 Å². The number of phosphoric acid groups is 1. The third-order valence-corrected chi connectivity index (χ3v) is 13.2. The van der Waals surface area contributed by atoms with Gasteiger partial charge in [-0.2, -0.15) is 0 Å². The molecule has 0 fully saturated rings. The van der Waals surface area contributed by atoms with E-state index in [2.05, 4.69) is 55.6 Å². The molecule has 3 atom stereocenters. The minimum atomic E-state index is -4.35. The lowest BCUT2D eigenvalue weighted by atomic mass is 10.0. The van der Waals surface area contributed by atoms with Crippen LogP contribution in [0.3, 0.4) is 0 Å². The quantitative estimate of drug-likeness (QED) is 0.0243. The Balaban J connectivity index is 4.13. The van der Waals surface area contributed by atoms with E-state index < -0.39 is 20.0 Å². The van der Waals surface area contributed by atoms with Crippen LogP contribution in [0.5, 0.6) is 0 Å². The van der Waals surface area contributed by atoms with Gasteiger partial charge in [0, 0.05) is 6.42 Å². The van der Waals surface area contributed by atoms with Crippen molar-refractivity contribution in [1.82, 2.24) is 5.32 Å². The first-order chi connectivity index (χ1) is 31.5. The number of nitrogens with zero attached hydrogens (tertiary/aromatic N) is 1. The van der Waals surface area contributed by atoms with Crippen molar-refractivity contribution in [3.8, 4) is 0 Å². The van der Waals surface area contributed by atoms with Gasteiger partial charge < -0.3 is 19.8 Å². The second kappa shape index (κ2) is 47.5. The van der Waals surface area contributed by atoms with Gasteiger partial charge in [0.2, 0.25) is 5.91 Å². The van der Waals surface area contributed by atoms with E-state index in [1.54, 1.807) is 6.08 Å². The molecule has 3 N–H and O–H groups in total. The molecule has 0 bridgehead atoms. The van der Waals surface area contributed by atoms with E-state index in [1.165, 1.54) is 186 Å². The zero-order valence-electron chi connectivity index (χ0n) is 43.5. The van der Waals surface area contributed by atoms with Gasteiger partial charge in [0.15, 0.2) is 0 Å². The van der Waals surface area contributed by atoms with Crippen LogP contribution in [0.2, 0.25) is 0 Å². The summed E-state index contributed by atoms with van der Waals surface area (Å²) >= 11 is 0. The summed E-state index contributed by atoms with van der Waals surface area (Å²) in [6.45, 7) is 4.78. The average molecular weight is 936 g/mol. The summed E-state index contributed by atoms with van der Waals surface area (Å²) in [6.07, 6.45) is 62.2. The van der Waals surface area contributed by atoms with E-state index >= 15 is 0 Å². The van der Waals surface area contributed by atoms with Crippen molar-refractivity contribution in [2.24, 2.45) is 0 Å². The molecule has 0 aromatic heterocycles. The summed E-state index contributed by atoms with van der Waals surface area (Å²) in [5.74, 6) is -0.189. The number of rotatable bonds is 50. The maximum atomic E-state index is 12.9. The summed E-state index contributed by atoms with van der Waals surface area (Å²) in [6, 6.07) is -0.868. The van der Waals surface area contributed by atoms with Crippen LogP contribution in [0, 0.1) is 0 Å². The Bertz CT molecular complexity index is 1200. The fourth-order valence-corrected chi connectivity index (χ4v) is 8.63. The predicted octanol–water partition coefficient (Wildman–Crippen LogP) is 16.4. The molecular formula is C56H108N2O6P+. The van der Waals surface area contributed by atoms with Crippen molar-refractivity contribution >= 4 is 13.7 Å². The monoisotopic (exact) mass is 936 g/mol. The van der Waals surface area contributed by atoms with Crippen LogP contribution in [-0.4, -0.2) is 73.4 Å². The minimum Gasteiger partial charge on any atom is -0.387 e. The highest BCUT2D eigenvalue weighted by Crippen LogP contribution is 2.43. The summed E-state index contributed by atoms with van der Waals surface area (Å²) in [4.78, 5) is 23.2. The normalized spacial score (nSPS) is 14.4. The van der Waals surface area contributed by atoms with Crippen LogP contribution in [0.15, 0.2) is 48.6 Å². The molecule has 0 aliphatic carbocycles. The lowest BCUT2D eigenvalue weighted by Gasteiger charge is -2.25. The molecule has 0 saturated heterocycles. The van der Waals surface area contributed by atoms with Gasteiger partial charge in [-0.1, -0.05) is 223 Å². The largest absolute Gasteiger partial charge is 0.472 e. The van der Waals surface area contributed by atoms with Gasteiger partial charge >= 0.3 is 7.82 Å². The molecule has 382 valence electrons. The Morgan fingerprint density at radius 2 is 0.846 bits per heavy atom. The van der Waals surface area contributed by atoms with Crippen LogP contribution in [0.1, 0.15) is 251 Å². The van der Waals surface area contributed by atoms with E-state index in [4.69, 9.17) is 9.05 Å². The standard InChI is InChI=1S/C56H107N2O6P/c1-6-8-10-12-14-16-18-20-22-23-24-25-26-27-28-29-30-31-32-33-34-35-36-38-40-42-44-46-48-50-56(60)57-54(53-64-65(61,62)63-52-51-58(3,4)5)55(59)49-47-45-43-41-39-37-21-19-17-15-13-11-9-7-2/h17,19,23-24,39,41,47,49,54-55,59H,6-16,18,20-22,25-38,40,42-46,48,50-53H2,1-5H3,(H-,57,60,61,62)/p+1/b19-17+,24-23-,41-39+,49-47+. The number of amides is 1. The van der Waals surface area contributed by atoms with Gasteiger partial charge in [-0.3, -0.25) is 13.8 Å². The molecular weight excluding hydrogens is 828 g/mol. The number of unbranched alkanes of at least 4 members (excludes halogenated alkanes) is 31. The predicted molar refractivity (Wildman–Crippen MR) is 281 cm³/mol. The number of carbonyl (C=O) groups excluding carboxylic acids is 1. The highest BCUT2D eigenvalue weighted by atomic mass is 31.2. The smallest absolute Gasteiger partial charge is 0.387 e. The van der Waals surface area contributed by atoms with Crippen LogP contribution in [0.25, 0.3) is 0 Å². The van der Waals surface area contributed by atoms with Crippen molar-refractivity contribution in [2.45, 2.75) is 264 Å². The number of quaternary nitrogens is 1. The summed E-state index contributed by atoms with van der Waals surface area (Å²) in [5.41, 5.74) is 0. The number of carbonyl (C=O) groups is 1. The Morgan fingerprint density at radius 1 is 0.508 bits per heavy atom. The average Bonchev–Trinajstić information content (AvgIpc) is 3.26. The minimum absolute atomic E-state index is 0.0536. The molecule has 0 spiro atoms. The lowest BCUT2D eigenvalue weighted by Crippen LogP contribution is -2.45. The van der Waals surface area contributed by atoms with Crippen molar-refractivity contribution in [1.29, 1.82) is 0 Å². The molecule has 3 unspecified atom stereocenters. The molecule has 0 aliphatic heterocycles. The second-order valence-electron chi connectivity index (χ2n) is 19.9. The van der Waals surface area contributed by atoms with Gasteiger partial charge in [-0.05, 0) is 70.6 Å². The molecule has 0 saturated carbocycles. The van der Waals surface area contributed by atoms with E-state index in [0.717, 1.165) is 44.9 Å². The van der Waals surface area contributed by atoms with Crippen molar-refractivity contribution in [3.05, 3.63) is 48.6 Å².